The van der Waals surface area contributed by atoms with E-state index in [1.165, 1.54) is 0 Å². The van der Waals surface area contributed by atoms with E-state index in [1.807, 2.05) is 26.0 Å². The lowest BCUT2D eigenvalue weighted by Gasteiger charge is -2.19. The summed E-state index contributed by atoms with van der Waals surface area (Å²) in [7, 11) is 0. The number of hydrogen-bond acceptors (Lipinski definition) is 7. The van der Waals surface area contributed by atoms with Crippen molar-refractivity contribution < 1.29 is 14.3 Å². The van der Waals surface area contributed by atoms with Crippen LogP contribution in [0.2, 0.25) is 15.1 Å². The summed E-state index contributed by atoms with van der Waals surface area (Å²) in [6.07, 6.45) is -0.237. The van der Waals surface area contributed by atoms with Gasteiger partial charge in [-0.3, -0.25) is 14.7 Å². The Morgan fingerprint density at radius 3 is 2.30 bits per heavy atom. The average Bonchev–Trinajstić information content (AvgIpc) is 3.28. The number of rotatable bonds is 10. The Hall–Kier alpha value is -3.64. The zero-order valence-electron chi connectivity index (χ0n) is 25.0. The van der Waals surface area contributed by atoms with E-state index in [1.54, 1.807) is 49.7 Å². The number of H-pyrrole nitrogens is 1. The fourth-order valence-electron chi connectivity index (χ4n) is 4.37. The van der Waals surface area contributed by atoms with Crippen LogP contribution in [0.5, 0.6) is 0 Å². The maximum Gasteiger partial charge on any atom is 0.407 e. The molecular formula is C30H34Cl3N7O4. The van der Waals surface area contributed by atoms with Crippen LogP contribution in [-0.2, 0) is 16.0 Å². The van der Waals surface area contributed by atoms with Crippen molar-refractivity contribution in [3.8, 4) is 17.1 Å². The van der Waals surface area contributed by atoms with Gasteiger partial charge in [-0.25, -0.2) is 14.5 Å². The van der Waals surface area contributed by atoms with Crippen LogP contribution in [0.15, 0.2) is 41.2 Å². The number of aromatic amines is 1. The quantitative estimate of drug-likeness (QED) is 0.158. The monoisotopic (exact) mass is 661 g/mol. The predicted octanol–water partition coefficient (Wildman–Crippen LogP) is 5.79. The maximum atomic E-state index is 13.2. The van der Waals surface area contributed by atoms with Gasteiger partial charge in [-0.05, 0) is 56.5 Å². The summed E-state index contributed by atoms with van der Waals surface area (Å²) < 4.78 is 6.76. The van der Waals surface area contributed by atoms with E-state index in [0.717, 1.165) is 5.56 Å². The van der Waals surface area contributed by atoms with Crippen LogP contribution >= 0.6 is 34.8 Å². The molecule has 2 aromatic carbocycles. The highest BCUT2D eigenvalue weighted by Crippen LogP contribution is 2.36. The van der Waals surface area contributed by atoms with Crippen molar-refractivity contribution in [1.29, 1.82) is 0 Å². The van der Waals surface area contributed by atoms with Gasteiger partial charge < -0.3 is 20.7 Å². The van der Waals surface area contributed by atoms with Crippen LogP contribution in [0.25, 0.3) is 17.1 Å². The van der Waals surface area contributed by atoms with Gasteiger partial charge in [0.1, 0.15) is 22.7 Å². The summed E-state index contributed by atoms with van der Waals surface area (Å²) in [6, 6.07) is 10.3. The third-order valence-electron chi connectivity index (χ3n) is 6.25. The van der Waals surface area contributed by atoms with Gasteiger partial charge in [0.2, 0.25) is 5.91 Å². The van der Waals surface area contributed by atoms with Gasteiger partial charge >= 0.3 is 6.09 Å². The molecule has 2 heterocycles. The lowest BCUT2D eigenvalue weighted by atomic mass is 10.1. The van der Waals surface area contributed by atoms with Crippen molar-refractivity contribution in [2.45, 2.75) is 52.6 Å². The summed E-state index contributed by atoms with van der Waals surface area (Å²) >= 11 is 19.1. The van der Waals surface area contributed by atoms with Gasteiger partial charge in [0, 0.05) is 30.2 Å². The number of nitrogens with one attached hydrogen (secondary N) is 4. The molecule has 0 saturated carbocycles. The molecule has 11 nitrogen and oxygen atoms in total. The number of benzene rings is 2. The number of anilines is 1. The molecule has 0 atom stereocenters. The first-order valence-corrected chi connectivity index (χ1v) is 15.1. The minimum Gasteiger partial charge on any atom is -0.444 e. The molecule has 2 aromatic rings. The smallest absolute Gasteiger partial charge is 0.407 e. The van der Waals surface area contributed by atoms with E-state index in [0.29, 0.717) is 62.4 Å². The average molecular weight is 663 g/mol. The van der Waals surface area contributed by atoms with Gasteiger partial charge in [0.15, 0.2) is 5.82 Å². The van der Waals surface area contributed by atoms with E-state index < -0.39 is 17.3 Å². The van der Waals surface area contributed by atoms with E-state index in [9.17, 15) is 14.4 Å². The zero-order valence-corrected chi connectivity index (χ0v) is 27.2. The van der Waals surface area contributed by atoms with Crippen LogP contribution in [0.4, 0.5) is 10.5 Å². The number of halogens is 3. The summed E-state index contributed by atoms with van der Waals surface area (Å²) in [5, 5.41) is 12.6. The molecule has 234 valence electrons. The molecule has 0 aliphatic carbocycles. The van der Waals surface area contributed by atoms with Crippen LogP contribution in [0.1, 0.15) is 57.6 Å². The molecule has 0 aromatic heterocycles. The SMILES string of the molecule is CC(C)c1[nH]n(-c2c(Cl)cc(Cl)cc2Cl)c2nc(Cc3ccc(NC(=O)CNCCNC(=O)OC(C)(C)C)cc3)nc(=O)c1-2. The highest BCUT2D eigenvalue weighted by atomic mass is 35.5. The van der Waals surface area contributed by atoms with Gasteiger partial charge in [0.05, 0.1) is 22.3 Å². The summed E-state index contributed by atoms with van der Waals surface area (Å²) in [5.74, 6) is 0.398. The lowest BCUT2D eigenvalue weighted by Crippen LogP contribution is -2.38. The Balaban J connectivity index is 1.42. The van der Waals surface area contributed by atoms with Gasteiger partial charge in [0.25, 0.3) is 5.56 Å². The number of ether oxygens (including phenoxy) is 1. The minimum absolute atomic E-state index is 0.0300. The Bertz CT molecular complexity index is 1650. The summed E-state index contributed by atoms with van der Waals surface area (Å²) in [4.78, 5) is 46.2. The van der Waals surface area contributed by atoms with Crippen molar-refractivity contribution in [2.24, 2.45) is 0 Å². The molecule has 0 bridgehead atoms. The Labute approximate surface area is 270 Å². The second kappa shape index (κ2) is 14.0. The molecule has 0 radical (unpaired) electrons. The number of carbonyl (C=O) groups excluding carboxylic acids is 2. The molecule has 4 N–H and O–H groups in total. The van der Waals surface area contributed by atoms with Crippen molar-refractivity contribution in [1.82, 2.24) is 30.4 Å². The van der Waals surface area contributed by atoms with Crippen molar-refractivity contribution >= 4 is 52.5 Å². The number of aromatic nitrogens is 4. The molecule has 0 unspecified atom stereocenters. The van der Waals surface area contributed by atoms with Crippen LogP contribution < -0.4 is 21.5 Å². The Morgan fingerprint density at radius 1 is 1.02 bits per heavy atom. The molecule has 0 fully saturated rings. The Morgan fingerprint density at radius 2 is 1.68 bits per heavy atom. The standard InChI is InChI=1S/C30H34Cl3N7O4/c1-16(2)25-24-27(40(39-25)26-20(32)13-18(31)14-21(26)33)37-22(38-28(24)42)12-17-6-8-19(9-7-17)36-23(41)15-34-10-11-35-29(43)44-30(3,4)5/h6-9,13-14,16,34,39H,10-12,15H2,1-5H3,(H,35,43)(H,36,41). The maximum absolute atomic E-state index is 13.2. The number of fused-ring (bicyclic) bond motifs is 1. The van der Waals surface area contributed by atoms with Crippen molar-refractivity contribution in [3.63, 3.8) is 0 Å². The van der Waals surface area contributed by atoms with Gasteiger partial charge in [-0.2, -0.15) is 4.98 Å². The van der Waals surface area contributed by atoms with Crippen molar-refractivity contribution in [3.05, 3.63) is 78.9 Å². The molecule has 2 amide bonds. The molecule has 2 aliphatic heterocycles. The number of nitrogens with zero attached hydrogens (tertiary/aromatic N) is 3. The number of amides is 2. The molecule has 2 aliphatic rings. The number of alkyl carbamates (subject to hydrolysis) is 1. The topological polar surface area (TPSA) is 143 Å². The van der Waals surface area contributed by atoms with E-state index in [4.69, 9.17) is 44.5 Å². The summed E-state index contributed by atoms with van der Waals surface area (Å²) in [6.45, 7) is 10.0. The Kier molecular flexibility index (Phi) is 10.6. The lowest BCUT2D eigenvalue weighted by molar-refractivity contribution is -0.115. The second-order valence-corrected chi connectivity index (χ2v) is 12.7. The van der Waals surface area contributed by atoms with Gasteiger partial charge in [-0.15, -0.1) is 0 Å². The van der Waals surface area contributed by atoms with E-state index in [2.05, 4.69) is 26.0 Å². The fourth-order valence-corrected chi connectivity index (χ4v) is 5.35. The first-order chi connectivity index (χ1) is 20.7. The molecule has 14 heteroatoms. The summed E-state index contributed by atoms with van der Waals surface area (Å²) in [5.41, 5.74) is 1.89. The molecular weight excluding hydrogens is 629 g/mol. The second-order valence-electron chi connectivity index (χ2n) is 11.4. The van der Waals surface area contributed by atoms with Crippen LogP contribution in [-0.4, -0.2) is 57.0 Å². The van der Waals surface area contributed by atoms with Crippen molar-refractivity contribution in [2.75, 3.05) is 25.0 Å². The molecule has 4 rings (SSSR count). The van der Waals surface area contributed by atoms with E-state index >= 15 is 0 Å². The van der Waals surface area contributed by atoms with E-state index in [-0.39, 0.29) is 24.8 Å². The largest absolute Gasteiger partial charge is 0.444 e. The number of hydrogen-bond donors (Lipinski definition) is 4. The minimum atomic E-state index is -0.573. The third-order valence-corrected chi connectivity index (χ3v) is 7.05. The highest BCUT2D eigenvalue weighted by Gasteiger charge is 2.27. The van der Waals surface area contributed by atoms with Gasteiger partial charge in [-0.1, -0.05) is 60.8 Å². The zero-order chi connectivity index (χ0) is 32.2. The first-order valence-electron chi connectivity index (χ1n) is 13.9. The molecule has 0 saturated heterocycles. The first kappa shape index (κ1) is 33.3. The molecule has 0 spiro atoms. The third kappa shape index (κ3) is 8.50. The number of carbonyl (C=O) groups is 2. The fraction of sp³-hybridized carbons (Fsp3) is 0.367. The normalized spacial score (nSPS) is 11.7. The molecule has 44 heavy (non-hydrogen) atoms. The highest BCUT2D eigenvalue weighted by molar-refractivity contribution is 6.40. The van der Waals surface area contributed by atoms with Crippen LogP contribution in [0.3, 0.4) is 0 Å². The predicted molar refractivity (Wildman–Crippen MR) is 173 cm³/mol. The van der Waals surface area contributed by atoms with Crippen LogP contribution in [0, 0.1) is 0 Å².